The number of carbonyl (C=O) groups excluding carboxylic acids is 1. The molecular weight excluding hydrogens is 226 g/mol. The summed E-state index contributed by atoms with van der Waals surface area (Å²) in [7, 11) is 0. The van der Waals surface area contributed by atoms with Crippen LogP contribution in [0.4, 0.5) is 0 Å². The molecule has 16 heavy (non-hydrogen) atoms. The van der Waals surface area contributed by atoms with Gasteiger partial charge in [-0.3, -0.25) is 9.78 Å². The van der Waals surface area contributed by atoms with Gasteiger partial charge in [0.05, 0.1) is 11.2 Å². The van der Waals surface area contributed by atoms with Crippen LogP contribution in [0.15, 0.2) is 42.7 Å². The van der Waals surface area contributed by atoms with E-state index in [0.717, 1.165) is 6.29 Å². The molecule has 2 rings (SSSR count). The SMILES string of the molecule is O=Cc1cccc(Oc2cncc(Cl)c2)c1. The molecule has 0 bridgehead atoms. The van der Waals surface area contributed by atoms with Crippen LogP contribution in [0.5, 0.6) is 11.5 Å². The van der Waals surface area contributed by atoms with Gasteiger partial charge in [-0.25, -0.2) is 0 Å². The van der Waals surface area contributed by atoms with Crippen LogP contribution in [-0.4, -0.2) is 11.3 Å². The van der Waals surface area contributed by atoms with Gasteiger partial charge in [-0.15, -0.1) is 0 Å². The average Bonchev–Trinajstić information content (AvgIpc) is 2.29. The van der Waals surface area contributed by atoms with Gasteiger partial charge < -0.3 is 4.74 Å². The van der Waals surface area contributed by atoms with Gasteiger partial charge in [0.25, 0.3) is 0 Å². The topological polar surface area (TPSA) is 39.2 Å². The van der Waals surface area contributed by atoms with Crippen molar-refractivity contribution in [1.82, 2.24) is 4.98 Å². The van der Waals surface area contributed by atoms with Crippen LogP contribution in [0, 0.1) is 0 Å². The van der Waals surface area contributed by atoms with Crippen LogP contribution < -0.4 is 4.74 Å². The van der Waals surface area contributed by atoms with E-state index in [1.807, 2.05) is 0 Å². The maximum absolute atomic E-state index is 10.6. The number of ether oxygens (including phenoxy) is 1. The van der Waals surface area contributed by atoms with Gasteiger partial charge in [0.2, 0.25) is 0 Å². The molecule has 1 aromatic heterocycles. The minimum absolute atomic E-state index is 0.504. The number of benzene rings is 1. The number of rotatable bonds is 3. The van der Waals surface area contributed by atoms with Crippen LogP contribution in [0.2, 0.25) is 5.02 Å². The molecule has 0 atom stereocenters. The zero-order valence-electron chi connectivity index (χ0n) is 8.26. The van der Waals surface area contributed by atoms with Gasteiger partial charge in [0, 0.05) is 17.8 Å². The molecule has 1 aromatic carbocycles. The van der Waals surface area contributed by atoms with Crippen molar-refractivity contribution in [2.45, 2.75) is 0 Å². The molecule has 3 nitrogen and oxygen atoms in total. The fraction of sp³-hybridized carbons (Fsp3) is 0. The van der Waals surface area contributed by atoms with E-state index in [9.17, 15) is 4.79 Å². The third-order valence-electron chi connectivity index (χ3n) is 1.91. The van der Waals surface area contributed by atoms with Gasteiger partial charge in [0.1, 0.15) is 17.8 Å². The second kappa shape index (κ2) is 4.77. The molecule has 4 heteroatoms. The van der Waals surface area contributed by atoms with Gasteiger partial charge in [-0.1, -0.05) is 23.7 Å². The highest BCUT2D eigenvalue weighted by Crippen LogP contribution is 2.23. The minimum Gasteiger partial charge on any atom is -0.456 e. The van der Waals surface area contributed by atoms with Crippen molar-refractivity contribution < 1.29 is 9.53 Å². The van der Waals surface area contributed by atoms with Gasteiger partial charge in [0.15, 0.2) is 0 Å². The first-order valence-corrected chi connectivity index (χ1v) is 4.99. The third-order valence-corrected chi connectivity index (χ3v) is 2.12. The number of halogens is 1. The highest BCUT2D eigenvalue weighted by Gasteiger charge is 1.99. The van der Waals surface area contributed by atoms with Crippen molar-refractivity contribution >= 4 is 17.9 Å². The van der Waals surface area contributed by atoms with E-state index in [4.69, 9.17) is 16.3 Å². The number of hydrogen-bond acceptors (Lipinski definition) is 3. The summed E-state index contributed by atoms with van der Waals surface area (Å²) in [5.74, 6) is 1.12. The van der Waals surface area contributed by atoms with Crippen molar-refractivity contribution in [2.24, 2.45) is 0 Å². The largest absolute Gasteiger partial charge is 0.456 e. The molecule has 0 saturated carbocycles. The Morgan fingerprint density at radius 3 is 2.81 bits per heavy atom. The Morgan fingerprint density at radius 1 is 1.19 bits per heavy atom. The minimum atomic E-state index is 0.504. The number of aldehydes is 1. The van der Waals surface area contributed by atoms with Crippen LogP contribution in [0.1, 0.15) is 10.4 Å². The van der Waals surface area contributed by atoms with E-state index in [1.54, 1.807) is 36.5 Å². The summed E-state index contributed by atoms with van der Waals surface area (Å²) >= 11 is 5.77. The molecule has 0 spiro atoms. The van der Waals surface area contributed by atoms with Crippen molar-refractivity contribution in [2.75, 3.05) is 0 Å². The van der Waals surface area contributed by atoms with E-state index in [-0.39, 0.29) is 0 Å². The smallest absolute Gasteiger partial charge is 0.150 e. The maximum Gasteiger partial charge on any atom is 0.150 e. The number of pyridine rings is 1. The summed E-state index contributed by atoms with van der Waals surface area (Å²) in [6, 6.07) is 8.51. The predicted octanol–water partition coefficient (Wildman–Crippen LogP) is 3.34. The lowest BCUT2D eigenvalue weighted by Gasteiger charge is -2.05. The lowest BCUT2D eigenvalue weighted by Crippen LogP contribution is -1.87. The number of aromatic nitrogens is 1. The third kappa shape index (κ3) is 2.58. The Morgan fingerprint density at radius 2 is 2.06 bits per heavy atom. The zero-order valence-corrected chi connectivity index (χ0v) is 9.02. The van der Waals surface area contributed by atoms with Crippen LogP contribution in [-0.2, 0) is 0 Å². The standard InChI is InChI=1S/C12H8ClNO2/c13-10-5-12(7-14-6-10)16-11-3-1-2-9(4-11)8-15/h1-8H. The molecule has 2 aromatic rings. The second-order valence-electron chi connectivity index (χ2n) is 3.13. The first-order valence-electron chi connectivity index (χ1n) is 4.61. The first kappa shape index (κ1) is 10.6. The summed E-state index contributed by atoms with van der Waals surface area (Å²) in [6.07, 6.45) is 3.85. The fourth-order valence-electron chi connectivity index (χ4n) is 1.24. The summed E-state index contributed by atoms with van der Waals surface area (Å²) in [6.45, 7) is 0. The van der Waals surface area contributed by atoms with E-state index < -0.39 is 0 Å². The lowest BCUT2D eigenvalue weighted by molar-refractivity contribution is 0.112. The van der Waals surface area contributed by atoms with Crippen LogP contribution in [0.25, 0.3) is 0 Å². The molecule has 0 aliphatic carbocycles. The molecule has 0 fully saturated rings. The van der Waals surface area contributed by atoms with Crippen molar-refractivity contribution in [3.63, 3.8) is 0 Å². The van der Waals surface area contributed by atoms with Crippen LogP contribution >= 0.6 is 11.6 Å². The number of nitrogens with zero attached hydrogens (tertiary/aromatic N) is 1. The van der Waals surface area contributed by atoms with Gasteiger partial charge in [-0.2, -0.15) is 0 Å². The maximum atomic E-state index is 10.6. The molecule has 0 radical (unpaired) electrons. The van der Waals surface area contributed by atoms with Crippen LogP contribution in [0.3, 0.4) is 0 Å². The number of hydrogen-bond donors (Lipinski definition) is 0. The Labute approximate surface area is 97.7 Å². The normalized spacial score (nSPS) is 9.81. The predicted molar refractivity (Wildman–Crippen MR) is 61.2 cm³/mol. The Kier molecular flexibility index (Phi) is 3.17. The summed E-state index contributed by atoms with van der Waals surface area (Å²) < 4.78 is 5.50. The van der Waals surface area contributed by atoms with E-state index in [1.165, 1.54) is 6.20 Å². The zero-order chi connectivity index (χ0) is 11.4. The van der Waals surface area contributed by atoms with E-state index in [0.29, 0.717) is 22.1 Å². The molecule has 0 aliphatic heterocycles. The fourth-order valence-corrected chi connectivity index (χ4v) is 1.40. The highest BCUT2D eigenvalue weighted by atomic mass is 35.5. The second-order valence-corrected chi connectivity index (χ2v) is 3.57. The summed E-state index contributed by atoms with van der Waals surface area (Å²) in [5, 5.41) is 0.504. The molecule has 0 N–H and O–H groups in total. The van der Waals surface area contributed by atoms with Crippen molar-refractivity contribution in [3.8, 4) is 11.5 Å². The molecule has 1 heterocycles. The van der Waals surface area contributed by atoms with Crippen molar-refractivity contribution in [3.05, 3.63) is 53.3 Å². The summed E-state index contributed by atoms with van der Waals surface area (Å²) in [4.78, 5) is 14.5. The number of carbonyl (C=O) groups is 1. The Bertz CT molecular complexity index is 514. The van der Waals surface area contributed by atoms with E-state index >= 15 is 0 Å². The monoisotopic (exact) mass is 233 g/mol. The van der Waals surface area contributed by atoms with Gasteiger partial charge in [-0.05, 0) is 12.1 Å². The highest BCUT2D eigenvalue weighted by molar-refractivity contribution is 6.30. The Balaban J connectivity index is 2.23. The average molecular weight is 234 g/mol. The first-order chi connectivity index (χ1) is 7.78. The van der Waals surface area contributed by atoms with Gasteiger partial charge >= 0.3 is 0 Å². The van der Waals surface area contributed by atoms with E-state index in [2.05, 4.69) is 4.98 Å². The summed E-state index contributed by atoms with van der Waals surface area (Å²) in [5.41, 5.74) is 0.562. The lowest BCUT2D eigenvalue weighted by atomic mass is 10.2. The molecule has 0 amide bonds. The molecule has 0 saturated heterocycles. The molecular formula is C12H8ClNO2. The molecule has 80 valence electrons. The molecule has 0 aliphatic rings. The Hall–Kier alpha value is -1.87. The van der Waals surface area contributed by atoms with Crippen molar-refractivity contribution in [1.29, 1.82) is 0 Å². The molecule has 0 unspecified atom stereocenters. The quantitative estimate of drug-likeness (QED) is 0.764.